The quantitative estimate of drug-likeness (QED) is 0.271. The van der Waals surface area contributed by atoms with E-state index in [4.69, 9.17) is 0 Å². The van der Waals surface area contributed by atoms with Gasteiger partial charge in [-0.05, 0) is 34.4 Å². The first-order chi connectivity index (χ1) is 12.9. The van der Waals surface area contributed by atoms with Crippen LogP contribution in [0.5, 0.6) is 0 Å². The fourth-order valence-electron chi connectivity index (χ4n) is 3.23. The lowest BCUT2D eigenvalue weighted by Gasteiger charge is -2.10. The number of benzene rings is 3. The zero-order chi connectivity index (χ0) is 18.2. The van der Waals surface area contributed by atoms with Crippen molar-refractivity contribution in [2.24, 2.45) is 0 Å². The highest BCUT2D eigenvalue weighted by Crippen LogP contribution is 2.32. The van der Waals surface area contributed by atoms with Crippen LogP contribution in [0.25, 0.3) is 21.5 Å². The van der Waals surface area contributed by atoms with E-state index < -0.39 is 0 Å². The highest BCUT2D eigenvalue weighted by atomic mass is 14.1. The Balaban J connectivity index is 2.24. The minimum Gasteiger partial charge on any atom is -0.0978 e. The summed E-state index contributed by atoms with van der Waals surface area (Å²) >= 11 is 0. The first-order valence-electron chi connectivity index (χ1n) is 9.78. The predicted molar refractivity (Wildman–Crippen MR) is 114 cm³/mol. The molecule has 26 heavy (non-hydrogen) atoms. The summed E-state index contributed by atoms with van der Waals surface area (Å²) in [6, 6.07) is 17.1. The molecule has 0 aromatic heterocycles. The second-order valence-corrected chi connectivity index (χ2v) is 6.65. The summed E-state index contributed by atoms with van der Waals surface area (Å²) < 4.78 is 0. The maximum Gasteiger partial charge on any atom is 0.0403 e. The van der Waals surface area contributed by atoms with Gasteiger partial charge in [-0.3, -0.25) is 0 Å². The smallest absolute Gasteiger partial charge is 0.0403 e. The molecule has 130 valence electrons. The Bertz CT molecular complexity index is 875. The lowest BCUT2D eigenvalue weighted by Crippen LogP contribution is -1.90. The molecule has 0 heteroatoms. The molecular formula is C26H26. The minimum absolute atomic E-state index is 0.956. The Labute approximate surface area is 157 Å². The van der Waals surface area contributed by atoms with E-state index in [2.05, 4.69) is 86.1 Å². The molecule has 0 atom stereocenters. The maximum atomic E-state index is 3.47. The van der Waals surface area contributed by atoms with Crippen LogP contribution < -0.4 is 0 Å². The van der Waals surface area contributed by atoms with Crippen LogP contribution in [0.1, 0.15) is 63.5 Å². The van der Waals surface area contributed by atoms with E-state index in [-0.39, 0.29) is 0 Å². The third-order valence-electron chi connectivity index (χ3n) is 4.67. The number of fused-ring (bicyclic) bond motifs is 2. The van der Waals surface area contributed by atoms with E-state index in [1.165, 1.54) is 34.4 Å². The SMILES string of the molecule is CCCCC#Cc1c2ccccc2c(C#CCCCC)c2ccccc12. The molecule has 0 bridgehead atoms. The van der Waals surface area contributed by atoms with Crippen molar-refractivity contribution in [2.45, 2.75) is 52.4 Å². The van der Waals surface area contributed by atoms with Gasteiger partial charge < -0.3 is 0 Å². The number of rotatable bonds is 4. The molecule has 0 spiro atoms. The van der Waals surface area contributed by atoms with Crippen molar-refractivity contribution in [3.8, 4) is 23.7 Å². The predicted octanol–water partition coefficient (Wildman–Crippen LogP) is 7.08. The Morgan fingerprint density at radius 3 is 1.23 bits per heavy atom. The monoisotopic (exact) mass is 338 g/mol. The molecule has 0 heterocycles. The highest BCUT2D eigenvalue weighted by Gasteiger charge is 2.10. The lowest BCUT2D eigenvalue weighted by molar-refractivity contribution is 0.828. The lowest BCUT2D eigenvalue weighted by atomic mass is 9.92. The molecule has 0 fully saturated rings. The molecule has 0 aliphatic rings. The van der Waals surface area contributed by atoms with E-state index in [0.29, 0.717) is 0 Å². The Morgan fingerprint density at radius 1 is 0.577 bits per heavy atom. The van der Waals surface area contributed by atoms with Crippen LogP contribution in [-0.4, -0.2) is 0 Å². The molecule has 0 nitrogen and oxygen atoms in total. The minimum atomic E-state index is 0.956. The summed E-state index contributed by atoms with van der Waals surface area (Å²) in [7, 11) is 0. The van der Waals surface area contributed by atoms with Crippen LogP contribution in [0.3, 0.4) is 0 Å². The zero-order valence-corrected chi connectivity index (χ0v) is 15.9. The van der Waals surface area contributed by atoms with Crippen LogP contribution in [0, 0.1) is 23.7 Å². The van der Waals surface area contributed by atoms with Crippen molar-refractivity contribution in [1.29, 1.82) is 0 Å². The second kappa shape index (κ2) is 9.12. The van der Waals surface area contributed by atoms with Gasteiger partial charge in [-0.25, -0.2) is 0 Å². The molecule has 0 aliphatic carbocycles. The van der Waals surface area contributed by atoms with Crippen LogP contribution in [0.2, 0.25) is 0 Å². The van der Waals surface area contributed by atoms with Gasteiger partial charge in [0.05, 0.1) is 0 Å². The molecule has 0 N–H and O–H groups in total. The summed E-state index contributed by atoms with van der Waals surface area (Å²) in [5.41, 5.74) is 2.29. The van der Waals surface area contributed by atoms with E-state index >= 15 is 0 Å². The van der Waals surface area contributed by atoms with Crippen LogP contribution in [-0.2, 0) is 0 Å². The van der Waals surface area contributed by atoms with Gasteiger partial charge in [-0.15, -0.1) is 0 Å². The number of unbranched alkanes of at least 4 members (excludes halogenated alkanes) is 4. The van der Waals surface area contributed by atoms with Crippen molar-refractivity contribution in [2.75, 3.05) is 0 Å². The average Bonchev–Trinajstić information content (AvgIpc) is 2.69. The van der Waals surface area contributed by atoms with Gasteiger partial charge in [-0.1, -0.05) is 98.9 Å². The molecule has 0 amide bonds. The third-order valence-corrected chi connectivity index (χ3v) is 4.67. The van der Waals surface area contributed by atoms with E-state index in [1.807, 2.05) is 0 Å². The van der Waals surface area contributed by atoms with Gasteiger partial charge in [0.15, 0.2) is 0 Å². The van der Waals surface area contributed by atoms with Crippen molar-refractivity contribution >= 4 is 21.5 Å². The molecule has 3 aromatic carbocycles. The average molecular weight is 338 g/mol. The summed E-state index contributed by atoms with van der Waals surface area (Å²) in [4.78, 5) is 0. The zero-order valence-electron chi connectivity index (χ0n) is 15.9. The molecule has 0 saturated heterocycles. The van der Waals surface area contributed by atoms with E-state index in [9.17, 15) is 0 Å². The summed E-state index contributed by atoms with van der Waals surface area (Å²) in [6.07, 6.45) is 6.59. The molecule has 3 rings (SSSR count). The number of hydrogen-bond donors (Lipinski definition) is 0. The fraction of sp³-hybridized carbons (Fsp3) is 0.308. The van der Waals surface area contributed by atoms with Crippen molar-refractivity contribution in [3.63, 3.8) is 0 Å². The van der Waals surface area contributed by atoms with E-state index in [0.717, 1.165) is 36.8 Å². The molecule has 0 unspecified atom stereocenters. The van der Waals surface area contributed by atoms with E-state index in [1.54, 1.807) is 0 Å². The molecule has 0 aliphatic heterocycles. The van der Waals surface area contributed by atoms with Gasteiger partial charge in [0, 0.05) is 24.0 Å². The van der Waals surface area contributed by atoms with Gasteiger partial charge in [-0.2, -0.15) is 0 Å². The number of hydrogen-bond acceptors (Lipinski definition) is 0. The fourth-order valence-corrected chi connectivity index (χ4v) is 3.23. The molecule has 3 aromatic rings. The Hall–Kier alpha value is -2.70. The largest absolute Gasteiger partial charge is 0.0978 e. The molecule has 0 saturated carbocycles. The van der Waals surface area contributed by atoms with Crippen LogP contribution in [0.15, 0.2) is 48.5 Å². The highest BCUT2D eigenvalue weighted by molar-refractivity contribution is 6.09. The summed E-state index contributed by atoms with van der Waals surface area (Å²) in [6.45, 7) is 4.41. The standard InChI is InChI=1S/C26H26/c1-3-5-7-9-15-21-23-17-11-13-19-25(23)22(16-10-8-6-4-2)26-20-14-12-18-24(21)26/h11-14,17-20H,3-8H2,1-2H3. The maximum absolute atomic E-state index is 3.47. The van der Waals surface area contributed by atoms with Gasteiger partial charge in [0.25, 0.3) is 0 Å². The molecular weight excluding hydrogens is 312 g/mol. The molecule has 0 radical (unpaired) electrons. The van der Waals surface area contributed by atoms with Gasteiger partial charge in [0.1, 0.15) is 0 Å². The first kappa shape index (κ1) is 18.1. The van der Waals surface area contributed by atoms with Crippen molar-refractivity contribution in [3.05, 3.63) is 59.7 Å². The Kier molecular flexibility index (Phi) is 6.35. The normalized spacial score (nSPS) is 10.2. The van der Waals surface area contributed by atoms with Gasteiger partial charge >= 0.3 is 0 Å². The van der Waals surface area contributed by atoms with Crippen molar-refractivity contribution in [1.82, 2.24) is 0 Å². The van der Waals surface area contributed by atoms with Crippen LogP contribution >= 0.6 is 0 Å². The van der Waals surface area contributed by atoms with Crippen LogP contribution in [0.4, 0.5) is 0 Å². The summed E-state index contributed by atoms with van der Waals surface area (Å²) in [5.74, 6) is 13.7. The van der Waals surface area contributed by atoms with Crippen molar-refractivity contribution < 1.29 is 0 Å². The third kappa shape index (κ3) is 3.92. The Morgan fingerprint density at radius 2 is 0.923 bits per heavy atom. The topological polar surface area (TPSA) is 0 Å². The second-order valence-electron chi connectivity index (χ2n) is 6.65. The summed E-state index contributed by atoms with van der Waals surface area (Å²) in [5, 5.41) is 4.87. The van der Waals surface area contributed by atoms with Gasteiger partial charge in [0.2, 0.25) is 0 Å². The first-order valence-corrected chi connectivity index (χ1v) is 9.78.